The van der Waals surface area contributed by atoms with Crippen LogP contribution in [0.4, 0.5) is 0 Å². The van der Waals surface area contributed by atoms with Crippen LogP contribution in [0.5, 0.6) is 0 Å². The molecule has 0 aliphatic carbocycles. The van der Waals surface area contributed by atoms with Gasteiger partial charge >= 0.3 is 5.97 Å². The fourth-order valence-electron chi connectivity index (χ4n) is 2.81. The largest absolute Gasteiger partial charge is 0.430 e. The Bertz CT molecular complexity index is 269. The molecule has 1 atom stereocenters. The van der Waals surface area contributed by atoms with Gasteiger partial charge in [-0.15, -0.1) is 0 Å². The first-order chi connectivity index (χ1) is 9.75. The monoisotopic (exact) mass is 280 g/mol. The summed E-state index contributed by atoms with van der Waals surface area (Å²) in [5.74, 6) is 0.620. The Hall–Kier alpha value is -0.790. The predicted molar refractivity (Wildman–Crippen MR) is 84.4 cm³/mol. The smallest absolute Gasteiger partial charge is 0.321 e. The van der Waals surface area contributed by atoms with E-state index in [2.05, 4.69) is 13.5 Å². The number of hydrogen-bond donors (Lipinski definition) is 0. The van der Waals surface area contributed by atoms with Crippen molar-refractivity contribution < 1.29 is 9.53 Å². The number of hydrogen-bond acceptors (Lipinski definition) is 2. The van der Waals surface area contributed by atoms with E-state index in [1.807, 2.05) is 0 Å². The van der Waals surface area contributed by atoms with Gasteiger partial charge < -0.3 is 4.74 Å². The number of unbranched alkanes of at least 4 members (excludes halogenated alkanes) is 11. The first-order valence-corrected chi connectivity index (χ1v) is 8.66. The van der Waals surface area contributed by atoms with Crippen molar-refractivity contribution in [2.24, 2.45) is 5.92 Å². The topological polar surface area (TPSA) is 26.3 Å². The van der Waals surface area contributed by atoms with Gasteiger partial charge in [-0.2, -0.15) is 0 Å². The Morgan fingerprint density at radius 1 is 0.850 bits per heavy atom. The molecule has 116 valence electrons. The summed E-state index contributed by atoms with van der Waals surface area (Å²) in [5, 5.41) is 0. The minimum atomic E-state index is -0.0712. The van der Waals surface area contributed by atoms with Crippen molar-refractivity contribution in [1.82, 2.24) is 0 Å². The molecular weight excluding hydrogens is 248 g/mol. The van der Waals surface area contributed by atoms with Crippen molar-refractivity contribution in [2.45, 2.75) is 90.4 Å². The third kappa shape index (κ3) is 7.12. The number of carbonyl (C=O) groups excluding carboxylic acids is 1. The van der Waals surface area contributed by atoms with E-state index >= 15 is 0 Å². The second-order valence-electron chi connectivity index (χ2n) is 6.12. The summed E-state index contributed by atoms with van der Waals surface area (Å²) in [7, 11) is 0. The second kappa shape index (κ2) is 10.9. The molecule has 2 heteroatoms. The van der Waals surface area contributed by atoms with Crippen LogP contribution in [0.25, 0.3) is 0 Å². The molecule has 20 heavy (non-hydrogen) atoms. The van der Waals surface area contributed by atoms with E-state index < -0.39 is 0 Å². The lowest BCUT2D eigenvalue weighted by Crippen LogP contribution is -2.31. The SMILES string of the molecule is C=C1OC(=O)C1CCCCCCCCCCCCCC. The van der Waals surface area contributed by atoms with E-state index in [4.69, 9.17) is 4.74 Å². The minimum Gasteiger partial charge on any atom is -0.430 e. The quantitative estimate of drug-likeness (QED) is 0.316. The van der Waals surface area contributed by atoms with Crippen LogP contribution in [-0.2, 0) is 9.53 Å². The first kappa shape index (κ1) is 17.3. The fraction of sp³-hybridized carbons (Fsp3) is 0.833. The van der Waals surface area contributed by atoms with Crippen molar-refractivity contribution in [3.8, 4) is 0 Å². The van der Waals surface area contributed by atoms with E-state index in [1.165, 1.54) is 70.6 Å². The Labute approximate surface area is 125 Å². The Balaban J connectivity index is 1.74. The van der Waals surface area contributed by atoms with Crippen LogP contribution in [0.2, 0.25) is 0 Å². The Morgan fingerprint density at radius 3 is 1.70 bits per heavy atom. The third-order valence-electron chi connectivity index (χ3n) is 4.25. The highest BCUT2D eigenvalue weighted by molar-refractivity contribution is 5.82. The Morgan fingerprint density at radius 2 is 1.30 bits per heavy atom. The number of rotatable bonds is 13. The molecule has 0 radical (unpaired) electrons. The van der Waals surface area contributed by atoms with Crippen LogP contribution in [0.1, 0.15) is 90.4 Å². The molecule has 0 aromatic rings. The lowest BCUT2D eigenvalue weighted by Gasteiger charge is -2.26. The molecule has 0 aromatic heterocycles. The molecule has 0 amide bonds. The van der Waals surface area contributed by atoms with Crippen LogP contribution in [0, 0.1) is 5.92 Å². The van der Waals surface area contributed by atoms with Crippen molar-refractivity contribution in [3.63, 3.8) is 0 Å². The standard InChI is InChI=1S/C18H32O2/c1-3-4-5-6-7-8-9-10-11-12-13-14-15-17-16(2)20-18(17)19/h17H,2-15H2,1H3. The fourth-order valence-corrected chi connectivity index (χ4v) is 2.81. The van der Waals surface area contributed by atoms with Gasteiger partial charge in [0.25, 0.3) is 0 Å². The van der Waals surface area contributed by atoms with Gasteiger partial charge in [0, 0.05) is 0 Å². The van der Waals surface area contributed by atoms with Crippen LogP contribution in [0.3, 0.4) is 0 Å². The molecule has 1 saturated heterocycles. The maximum absolute atomic E-state index is 11.1. The third-order valence-corrected chi connectivity index (χ3v) is 4.25. The lowest BCUT2D eigenvalue weighted by molar-refractivity contribution is -0.157. The highest BCUT2D eigenvalue weighted by atomic mass is 16.6. The molecule has 1 heterocycles. The molecule has 0 saturated carbocycles. The average molecular weight is 280 g/mol. The molecule has 0 spiro atoms. The highest BCUT2D eigenvalue weighted by Gasteiger charge is 2.34. The van der Waals surface area contributed by atoms with E-state index in [-0.39, 0.29) is 11.9 Å². The average Bonchev–Trinajstić information content (AvgIpc) is 2.44. The molecule has 1 aliphatic rings. The van der Waals surface area contributed by atoms with Gasteiger partial charge in [0.1, 0.15) is 11.7 Å². The summed E-state index contributed by atoms with van der Waals surface area (Å²) in [6.45, 7) is 5.99. The normalized spacial score (nSPS) is 17.9. The molecule has 2 nitrogen and oxygen atoms in total. The summed E-state index contributed by atoms with van der Waals surface area (Å²) >= 11 is 0. The summed E-state index contributed by atoms with van der Waals surface area (Å²) < 4.78 is 4.78. The maximum atomic E-state index is 11.1. The van der Waals surface area contributed by atoms with Crippen LogP contribution in [-0.4, -0.2) is 5.97 Å². The number of carbonyl (C=O) groups is 1. The molecule has 1 aliphatic heterocycles. The zero-order valence-electron chi connectivity index (χ0n) is 13.3. The highest BCUT2D eigenvalue weighted by Crippen LogP contribution is 2.29. The summed E-state index contributed by atoms with van der Waals surface area (Å²) in [4.78, 5) is 11.1. The molecule has 1 unspecified atom stereocenters. The first-order valence-electron chi connectivity index (χ1n) is 8.66. The van der Waals surface area contributed by atoms with Crippen LogP contribution >= 0.6 is 0 Å². The van der Waals surface area contributed by atoms with Crippen molar-refractivity contribution >= 4 is 5.97 Å². The van der Waals surface area contributed by atoms with E-state index in [0.29, 0.717) is 5.76 Å². The molecular formula is C18H32O2. The van der Waals surface area contributed by atoms with E-state index in [9.17, 15) is 4.79 Å². The van der Waals surface area contributed by atoms with E-state index in [1.54, 1.807) is 0 Å². The molecule has 0 bridgehead atoms. The zero-order valence-corrected chi connectivity index (χ0v) is 13.3. The maximum Gasteiger partial charge on any atom is 0.321 e. The second-order valence-corrected chi connectivity index (χ2v) is 6.12. The number of ether oxygens (including phenoxy) is 1. The van der Waals surface area contributed by atoms with Gasteiger partial charge in [0.15, 0.2) is 0 Å². The molecule has 0 N–H and O–H groups in total. The molecule has 0 aromatic carbocycles. The van der Waals surface area contributed by atoms with Gasteiger partial charge in [-0.3, -0.25) is 4.79 Å². The van der Waals surface area contributed by atoms with Gasteiger partial charge in [-0.05, 0) is 6.42 Å². The van der Waals surface area contributed by atoms with Gasteiger partial charge in [0.2, 0.25) is 0 Å². The Kier molecular flexibility index (Phi) is 9.44. The van der Waals surface area contributed by atoms with Crippen LogP contribution in [0.15, 0.2) is 12.3 Å². The minimum absolute atomic E-state index is 0.0121. The zero-order chi connectivity index (χ0) is 14.6. The number of esters is 1. The van der Waals surface area contributed by atoms with Gasteiger partial charge in [-0.1, -0.05) is 90.6 Å². The summed E-state index contributed by atoms with van der Waals surface area (Å²) in [6.07, 6.45) is 17.2. The van der Waals surface area contributed by atoms with E-state index in [0.717, 1.165) is 12.8 Å². The predicted octanol–water partition coefficient (Wildman–Crippen LogP) is 5.76. The van der Waals surface area contributed by atoms with Crippen molar-refractivity contribution in [1.29, 1.82) is 0 Å². The lowest BCUT2D eigenvalue weighted by atomic mass is 9.95. The van der Waals surface area contributed by atoms with Crippen LogP contribution < -0.4 is 0 Å². The summed E-state index contributed by atoms with van der Waals surface area (Å²) in [5.41, 5.74) is 0. The van der Waals surface area contributed by atoms with Crippen molar-refractivity contribution in [2.75, 3.05) is 0 Å². The molecule has 1 fully saturated rings. The van der Waals surface area contributed by atoms with Gasteiger partial charge in [-0.25, -0.2) is 0 Å². The summed E-state index contributed by atoms with van der Waals surface area (Å²) in [6, 6.07) is 0. The van der Waals surface area contributed by atoms with Crippen molar-refractivity contribution in [3.05, 3.63) is 12.3 Å². The number of cyclic esters (lactones) is 1. The van der Waals surface area contributed by atoms with Gasteiger partial charge in [0.05, 0.1) is 0 Å². The molecule has 1 rings (SSSR count).